The van der Waals surface area contributed by atoms with Gasteiger partial charge in [0.1, 0.15) is 0 Å². The summed E-state index contributed by atoms with van der Waals surface area (Å²) in [7, 11) is 3.80. The zero-order chi connectivity index (χ0) is 19.4. The van der Waals surface area contributed by atoms with E-state index in [4.69, 9.17) is 11.6 Å². The fraction of sp³-hybridized carbons (Fsp3) is 0.524. The van der Waals surface area contributed by atoms with Crippen LogP contribution in [-0.2, 0) is 19.0 Å². The summed E-state index contributed by atoms with van der Waals surface area (Å²) in [4.78, 5) is 4.41. The van der Waals surface area contributed by atoms with Gasteiger partial charge in [-0.1, -0.05) is 36.6 Å². The molecule has 1 heterocycles. The van der Waals surface area contributed by atoms with E-state index < -0.39 is 0 Å². The highest BCUT2D eigenvalue weighted by Gasteiger charge is 2.35. The first-order valence-electron chi connectivity index (χ1n) is 9.65. The lowest BCUT2D eigenvalue weighted by Gasteiger charge is -2.31. The summed E-state index contributed by atoms with van der Waals surface area (Å²) >= 11 is 6.26. The Morgan fingerprint density at radius 3 is 2.54 bits per heavy atom. The van der Waals surface area contributed by atoms with Gasteiger partial charge in [-0.3, -0.25) is 9.67 Å². The number of hydrogen-bond acceptors (Lipinski definition) is 2. The lowest BCUT2D eigenvalue weighted by Crippen LogP contribution is -2.44. The largest absolute Gasteiger partial charge is 0.356 e. The Hall–Kier alpha value is -1.28. The van der Waals surface area contributed by atoms with Crippen LogP contribution < -0.4 is 10.6 Å². The summed E-state index contributed by atoms with van der Waals surface area (Å²) in [5.74, 6) is 0.825. The normalized spacial score (nSPS) is 16.0. The average molecular weight is 516 g/mol. The van der Waals surface area contributed by atoms with Crippen molar-refractivity contribution in [3.63, 3.8) is 0 Å². The molecule has 3 rings (SSSR count). The number of hydrogen-bond donors (Lipinski definition) is 2. The predicted octanol–water partition coefficient (Wildman–Crippen LogP) is 4.49. The molecule has 154 valence electrons. The Morgan fingerprint density at radius 2 is 1.96 bits per heavy atom. The van der Waals surface area contributed by atoms with Crippen LogP contribution in [0.5, 0.6) is 0 Å². The molecule has 1 fully saturated rings. The lowest BCUT2D eigenvalue weighted by atomic mass is 9.79. The van der Waals surface area contributed by atoms with Gasteiger partial charge in [0.05, 0.1) is 5.69 Å². The molecule has 1 aromatic heterocycles. The highest BCUT2D eigenvalue weighted by atomic mass is 127. The molecule has 1 aromatic carbocycles. The van der Waals surface area contributed by atoms with Gasteiger partial charge in [0, 0.05) is 48.9 Å². The van der Waals surface area contributed by atoms with Crippen LogP contribution in [-0.4, -0.2) is 29.3 Å². The second-order valence-corrected chi connectivity index (χ2v) is 7.99. The summed E-state index contributed by atoms with van der Waals surface area (Å²) in [5, 5.41) is 12.3. The first-order valence-corrected chi connectivity index (χ1v) is 10.0. The van der Waals surface area contributed by atoms with Crippen molar-refractivity contribution in [1.82, 2.24) is 20.4 Å². The van der Waals surface area contributed by atoms with Gasteiger partial charge < -0.3 is 10.6 Å². The van der Waals surface area contributed by atoms with Crippen LogP contribution in [0, 0.1) is 13.8 Å². The van der Waals surface area contributed by atoms with Crippen LogP contribution in [0.2, 0.25) is 5.02 Å². The molecule has 0 unspecified atom stereocenters. The average Bonchev–Trinajstić information content (AvgIpc) is 3.22. The van der Waals surface area contributed by atoms with E-state index in [1.807, 2.05) is 31.8 Å². The maximum absolute atomic E-state index is 6.26. The lowest BCUT2D eigenvalue weighted by molar-refractivity contribution is 0.431. The zero-order valence-corrected chi connectivity index (χ0v) is 20.3. The van der Waals surface area contributed by atoms with Crippen molar-refractivity contribution in [3.05, 3.63) is 51.8 Å². The third-order valence-electron chi connectivity index (χ3n) is 5.91. The molecule has 0 amide bonds. The fourth-order valence-corrected chi connectivity index (χ4v) is 4.35. The number of aliphatic imine (C=N–C) groups is 1. The van der Waals surface area contributed by atoms with E-state index in [1.165, 1.54) is 42.5 Å². The van der Waals surface area contributed by atoms with Crippen molar-refractivity contribution in [2.45, 2.75) is 51.5 Å². The monoisotopic (exact) mass is 515 g/mol. The number of rotatable bonds is 5. The van der Waals surface area contributed by atoms with Crippen LogP contribution in [0.25, 0.3) is 0 Å². The number of nitrogens with zero attached hydrogens (tertiary/aromatic N) is 3. The molecular weight excluding hydrogens is 485 g/mol. The molecule has 1 aliphatic rings. The van der Waals surface area contributed by atoms with E-state index in [-0.39, 0.29) is 29.4 Å². The van der Waals surface area contributed by atoms with Gasteiger partial charge in [0.15, 0.2) is 5.96 Å². The summed E-state index contributed by atoms with van der Waals surface area (Å²) in [6.07, 6.45) is 4.87. The van der Waals surface area contributed by atoms with Crippen molar-refractivity contribution in [2.75, 3.05) is 13.6 Å². The number of guanidine groups is 1. The molecule has 7 heteroatoms. The molecule has 2 N–H and O–H groups in total. The molecule has 1 aliphatic carbocycles. The highest BCUT2D eigenvalue weighted by molar-refractivity contribution is 14.0. The molecule has 0 radical (unpaired) electrons. The number of benzene rings is 1. The predicted molar refractivity (Wildman–Crippen MR) is 128 cm³/mol. The number of halogens is 2. The van der Waals surface area contributed by atoms with E-state index in [0.717, 1.165) is 29.8 Å². The Bertz CT molecular complexity index is 824. The first kappa shape index (κ1) is 23.0. The van der Waals surface area contributed by atoms with Crippen LogP contribution >= 0.6 is 35.6 Å². The molecule has 5 nitrogen and oxygen atoms in total. The van der Waals surface area contributed by atoms with Crippen LogP contribution in [0.1, 0.15) is 48.2 Å². The second kappa shape index (κ2) is 9.96. The molecule has 1 saturated carbocycles. The van der Waals surface area contributed by atoms with Gasteiger partial charge >= 0.3 is 0 Å². The zero-order valence-electron chi connectivity index (χ0n) is 17.2. The Morgan fingerprint density at radius 1 is 1.25 bits per heavy atom. The molecule has 0 saturated heterocycles. The standard InChI is InChI=1S/C21H30ClN5.HI/c1-15-19(16(2)27(4)26-15)13-24-20(23-3)25-14-21(10-5-6-11-21)17-8-7-9-18(22)12-17;/h7-9,12H,5-6,10-11,13-14H2,1-4H3,(H2,23,24,25);1H. The van der Waals surface area contributed by atoms with Gasteiger partial charge in [-0.2, -0.15) is 5.10 Å². The van der Waals surface area contributed by atoms with Gasteiger partial charge in [0.25, 0.3) is 0 Å². The van der Waals surface area contributed by atoms with Gasteiger partial charge in [-0.15, -0.1) is 24.0 Å². The first-order chi connectivity index (χ1) is 12.9. The molecule has 0 aliphatic heterocycles. The van der Waals surface area contributed by atoms with Crippen LogP contribution in [0.15, 0.2) is 29.3 Å². The summed E-state index contributed by atoms with van der Waals surface area (Å²) < 4.78 is 1.93. The van der Waals surface area contributed by atoms with Crippen molar-refractivity contribution < 1.29 is 0 Å². The van der Waals surface area contributed by atoms with Crippen LogP contribution in [0.4, 0.5) is 0 Å². The minimum Gasteiger partial charge on any atom is -0.356 e. The third kappa shape index (κ3) is 5.00. The van der Waals surface area contributed by atoms with E-state index in [9.17, 15) is 0 Å². The molecular formula is C21H31ClIN5. The van der Waals surface area contributed by atoms with E-state index in [1.54, 1.807) is 0 Å². The summed E-state index contributed by atoms with van der Waals surface area (Å²) in [5.41, 5.74) is 4.92. The van der Waals surface area contributed by atoms with E-state index >= 15 is 0 Å². The smallest absolute Gasteiger partial charge is 0.191 e. The highest BCUT2D eigenvalue weighted by Crippen LogP contribution is 2.41. The topological polar surface area (TPSA) is 54.2 Å². The Balaban J connectivity index is 0.00000280. The molecule has 2 aromatic rings. The van der Waals surface area contributed by atoms with Gasteiger partial charge in [0.2, 0.25) is 0 Å². The van der Waals surface area contributed by atoms with E-state index in [0.29, 0.717) is 0 Å². The number of aryl methyl sites for hydroxylation is 2. The van der Waals surface area contributed by atoms with Gasteiger partial charge in [-0.25, -0.2) is 0 Å². The van der Waals surface area contributed by atoms with Crippen molar-refractivity contribution in [3.8, 4) is 0 Å². The maximum Gasteiger partial charge on any atom is 0.191 e. The second-order valence-electron chi connectivity index (χ2n) is 7.55. The molecule has 28 heavy (non-hydrogen) atoms. The van der Waals surface area contributed by atoms with Gasteiger partial charge in [-0.05, 0) is 44.4 Å². The molecule has 0 spiro atoms. The van der Waals surface area contributed by atoms with E-state index in [2.05, 4.69) is 45.8 Å². The SMILES string of the molecule is CN=C(NCc1c(C)nn(C)c1C)NCC1(c2cccc(Cl)c2)CCCC1.I. The minimum absolute atomic E-state index is 0. The minimum atomic E-state index is 0. The number of aromatic nitrogens is 2. The number of nitrogens with one attached hydrogen (secondary N) is 2. The Labute approximate surface area is 190 Å². The van der Waals surface area contributed by atoms with Crippen molar-refractivity contribution >= 4 is 41.5 Å². The quantitative estimate of drug-likeness (QED) is 0.351. The molecule has 0 atom stereocenters. The maximum atomic E-state index is 6.26. The Kier molecular flexibility index (Phi) is 8.18. The third-order valence-corrected chi connectivity index (χ3v) is 6.14. The van der Waals surface area contributed by atoms with Crippen LogP contribution in [0.3, 0.4) is 0 Å². The summed E-state index contributed by atoms with van der Waals surface area (Å²) in [6.45, 7) is 5.72. The van der Waals surface area contributed by atoms with Crippen molar-refractivity contribution in [2.24, 2.45) is 12.0 Å². The fourth-order valence-electron chi connectivity index (χ4n) is 4.16. The summed E-state index contributed by atoms with van der Waals surface area (Å²) in [6, 6.07) is 8.32. The van der Waals surface area contributed by atoms with Crippen molar-refractivity contribution in [1.29, 1.82) is 0 Å². The molecule has 0 bridgehead atoms.